The number of aryl methyl sites for hydroxylation is 1. The van der Waals surface area contributed by atoms with Gasteiger partial charge in [-0.3, -0.25) is 14.4 Å². The monoisotopic (exact) mass is 642 g/mol. The van der Waals surface area contributed by atoms with Crippen molar-refractivity contribution in [1.29, 1.82) is 0 Å². The van der Waals surface area contributed by atoms with Crippen molar-refractivity contribution in [2.45, 2.75) is 65.3 Å². The van der Waals surface area contributed by atoms with Gasteiger partial charge < -0.3 is 40.6 Å². The van der Waals surface area contributed by atoms with Crippen molar-refractivity contribution in [3.8, 4) is 5.75 Å². The topological polar surface area (TPSA) is 181 Å². The standard InChI is InChI=1S/C33H46N4O9/c1-20(2)12-13-23-16-24(14-15-25(23)44-5)30(40)29(32(42)45-6)37-26(38)17-34-31(41)28(21(3)4)36-27(39)18-35-33(43)46-19-22-10-8-7-9-11-22/h7-11,14-16,20-21,28-30,40H,12-13,17-19H2,1-6H3,(H,34,41)(H,35,43)(H,36,39)(H,37,38)/t28-,29-,30+/m0/s1. The van der Waals surface area contributed by atoms with Gasteiger partial charge in [0.15, 0.2) is 6.04 Å². The number of carbonyl (C=O) groups is 5. The van der Waals surface area contributed by atoms with E-state index in [1.54, 1.807) is 63.4 Å². The summed E-state index contributed by atoms with van der Waals surface area (Å²) in [5.41, 5.74) is 2.00. The van der Waals surface area contributed by atoms with E-state index in [1.165, 1.54) is 0 Å². The number of esters is 1. The van der Waals surface area contributed by atoms with E-state index < -0.39 is 61.1 Å². The van der Waals surface area contributed by atoms with Crippen LogP contribution in [0.4, 0.5) is 4.79 Å². The van der Waals surface area contributed by atoms with Crippen LogP contribution < -0.4 is 26.0 Å². The Morgan fingerprint density at radius 3 is 2.04 bits per heavy atom. The Morgan fingerprint density at radius 1 is 0.826 bits per heavy atom. The molecule has 0 aromatic heterocycles. The first-order valence-corrected chi connectivity index (χ1v) is 15.1. The van der Waals surface area contributed by atoms with Crippen molar-refractivity contribution >= 4 is 29.8 Å². The minimum Gasteiger partial charge on any atom is -0.496 e. The summed E-state index contributed by atoms with van der Waals surface area (Å²) in [7, 11) is 2.68. The number of alkyl carbamates (subject to hydrolysis) is 1. The highest BCUT2D eigenvalue weighted by Gasteiger charge is 2.32. The Morgan fingerprint density at radius 2 is 1.46 bits per heavy atom. The Balaban J connectivity index is 1.95. The molecule has 2 aromatic rings. The zero-order chi connectivity index (χ0) is 34.2. The second-order valence-corrected chi connectivity index (χ2v) is 11.4. The van der Waals surface area contributed by atoms with Gasteiger partial charge in [-0.05, 0) is 53.5 Å². The fourth-order valence-electron chi connectivity index (χ4n) is 4.40. The maximum absolute atomic E-state index is 12.9. The van der Waals surface area contributed by atoms with Gasteiger partial charge in [-0.25, -0.2) is 9.59 Å². The average molecular weight is 643 g/mol. The summed E-state index contributed by atoms with van der Waals surface area (Å²) in [5, 5.41) is 20.8. The summed E-state index contributed by atoms with van der Waals surface area (Å²) < 4.78 is 15.3. The molecule has 0 fully saturated rings. The van der Waals surface area contributed by atoms with Gasteiger partial charge in [-0.2, -0.15) is 0 Å². The minimum absolute atomic E-state index is 0.0284. The molecule has 0 heterocycles. The molecule has 0 unspecified atom stereocenters. The molecule has 5 N–H and O–H groups in total. The van der Waals surface area contributed by atoms with Crippen LogP contribution in [0.25, 0.3) is 0 Å². The number of nitrogens with one attached hydrogen (secondary N) is 4. The molecule has 0 spiro atoms. The summed E-state index contributed by atoms with van der Waals surface area (Å²) in [6.45, 7) is 6.61. The third-order valence-corrected chi connectivity index (χ3v) is 7.02. The highest BCUT2D eigenvalue weighted by Crippen LogP contribution is 2.27. The highest BCUT2D eigenvalue weighted by atomic mass is 16.5. The van der Waals surface area contributed by atoms with Crippen molar-refractivity contribution in [1.82, 2.24) is 21.3 Å². The number of aliphatic hydroxyl groups is 1. The van der Waals surface area contributed by atoms with Gasteiger partial charge in [-0.1, -0.05) is 64.1 Å². The van der Waals surface area contributed by atoms with E-state index in [0.29, 0.717) is 23.7 Å². The van der Waals surface area contributed by atoms with E-state index in [-0.39, 0.29) is 12.5 Å². The van der Waals surface area contributed by atoms with Gasteiger partial charge >= 0.3 is 12.1 Å². The molecular weight excluding hydrogens is 596 g/mol. The van der Waals surface area contributed by atoms with Gasteiger partial charge in [0.1, 0.15) is 31.0 Å². The Bertz CT molecular complexity index is 1320. The van der Waals surface area contributed by atoms with Crippen LogP contribution in [-0.4, -0.2) is 74.3 Å². The van der Waals surface area contributed by atoms with Crippen LogP contribution in [-0.2, 0) is 41.7 Å². The highest BCUT2D eigenvalue weighted by molar-refractivity contribution is 5.92. The van der Waals surface area contributed by atoms with Crippen molar-refractivity contribution in [3.63, 3.8) is 0 Å². The molecule has 0 aliphatic carbocycles. The lowest BCUT2D eigenvalue weighted by molar-refractivity contribution is -0.148. The number of hydrogen-bond donors (Lipinski definition) is 5. The summed E-state index contributed by atoms with van der Waals surface area (Å²) in [6, 6.07) is 11.5. The molecule has 252 valence electrons. The molecule has 0 aliphatic heterocycles. The number of aliphatic hydroxyl groups excluding tert-OH is 1. The van der Waals surface area contributed by atoms with Crippen LogP contribution >= 0.6 is 0 Å². The van der Waals surface area contributed by atoms with Gasteiger partial charge in [0.05, 0.1) is 20.8 Å². The molecule has 13 nitrogen and oxygen atoms in total. The van der Waals surface area contributed by atoms with Crippen LogP contribution in [0.5, 0.6) is 5.75 Å². The van der Waals surface area contributed by atoms with Gasteiger partial charge in [-0.15, -0.1) is 0 Å². The van der Waals surface area contributed by atoms with Crippen molar-refractivity contribution in [2.75, 3.05) is 27.3 Å². The van der Waals surface area contributed by atoms with E-state index in [1.807, 2.05) is 6.07 Å². The first-order valence-electron chi connectivity index (χ1n) is 15.1. The Labute approximate surface area is 269 Å². The zero-order valence-corrected chi connectivity index (χ0v) is 27.3. The van der Waals surface area contributed by atoms with Crippen molar-refractivity contribution in [2.24, 2.45) is 11.8 Å². The molecule has 3 atom stereocenters. The number of benzene rings is 2. The molecule has 0 radical (unpaired) electrons. The van der Waals surface area contributed by atoms with Gasteiger partial charge in [0, 0.05) is 0 Å². The lowest BCUT2D eigenvalue weighted by Crippen LogP contribution is -2.54. The zero-order valence-electron chi connectivity index (χ0n) is 27.3. The van der Waals surface area contributed by atoms with E-state index in [4.69, 9.17) is 14.2 Å². The van der Waals surface area contributed by atoms with Crippen LogP contribution in [0.1, 0.15) is 56.9 Å². The van der Waals surface area contributed by atoms with Crippen LogP contribution in [0.2, 0.25) is 0 Å². The number of ether oxygens (including phenoxy) is 3. The lowest BCUT2D eigenvalue weighted by Gasteiger charge is -2.24. The molecule has 0 saturated heterocycles. The predicted octanol–water partition coefficient (Wildman–Crippen LogP) is 2.16. The molecular formula is C33H46N4O9. The lowest BCUT2D eigenvalue weighted by atomic mass is 9.96. The van der Waals surface area contributed by atoms with Gasteiger partial charge in [0.25, 0.3) is 0 Å². The summed E-state index contributed by atoms with van der Waals surface area (Å²) in [6.07, 6.45) is -0.692. The molecule has 0 aliphatic rings. The molecule has 2 rings (SSSR count). The first kappa shape index (κ1) is 37.5. The van der Waals surface area contributed by atoms with Crippen LogP contribution in [0.3, 0.4) is 0 Å². The SMILES string of the molecule is COC(=O)[C@@H](NC(=O)CNC(=O)[C@@H](NC(=O)CNC(=O)OCc1ccccc1)C(C)C)[C@H](O)c1ccc(OC)c(CCC(C)C)c1. The largest absolute Gasteiger partial charge is 0.496 e. The average Bonchev–Trinajstić information content (AvgIpc) is 3.05. The van der Waals surface area contributed by atoms with Crippen molar-refractivity contribution in [3.05, 3.63) is 65.2 Å². The molecule has 2 aromatic carbocycles. The second-order valence-electron chi connectivity index (χ2n) is 11.4. The summed E-state index contributed by atoms with van der Waals surface area (Å²) >= 11 is 0. The fourth-order valence-corrected chi connectivity index (χ4v) is 4.40. The van der Waals surface area contributed by atoms with Crippen LogP contribution in [0.15, 0.2) is 48.5 Å². The molecule has 46 heavy (non-hydrogen) atoms. The van der Waals surface area contributed by atoms with E-state index in [9.17, 15) is 29.1 Å². The molecule has 0 bridgehead atoms. The number of hydrogen-bond acceptors (Lipinski definition) is 9. The number of carbonyl (C=O) groups excluding carboxylic acids is 5. The maximum Gasteiger partial charge on any atom is 0.407 e. The predicted molar refractivity (Wildman–Crippen MR) is 169 cm³/mol. The van der Waals surface area contributed by atoms with E-state index in [0.717, 1.165) is 24.7 Å². The van der Waals surface area contributed by atoms with Crippen molar-refractivity contribution < 1.29 is 43.3 Å². The summed E-state index contributed by atoms with van der Waals surface area (Å²) in [4.78, 5) is 62.7. The molecule has 4 amide bonds. The quantitative estimate of drug-likeness (QED) is 0.162. The second kappa shape index (κ2) is 19.0. The fraction of sp³-hybridized carbons (Fsp3) is 0.485. The summed E-state index contributed by atoms with van der Waals surface area (Å²) in [5.74, 6) is -2.25. The van der Waals surface area contributed by atoms with E-state index in [2.05, 4.69) is 35.1 Å². The number of amides is 4. The smallest absolute Gasteiger partial charge is 0.407 e. The molecule has 13 heteroatoms. The van der Waals surface area contributed by atoms with Crippen LogP contribution in [0, 0.1) is 11.8 Å². The first-order chi connectivity index (χ1) is 21.9. The van der Waals surface area contributed by atoms with Gasteiger partial charge in [0.2, 0.25) is 17.7 Å². The van der Waals surface area contributed by atoms with E-state index >= 15 is 0 Å². The maximum atomic E-state index is 12.9. The third-order valence-electron chi connectivity index (χ3n) is 7.02. The number of methoxy groups -OCH3 is 2. The Hall–Kier alpha value is -4.65. The minimum atomic E-state index is -1.46. The molecule has 0 saturated carbocycles. The number of rotatable bonds is 17. The normalized spacial score (nSPS) is 12.8. The third kappa shape index (κ3) is 12.4. The Kier molecular flexibility index (Phi) is 15.5.